The number of carbonyl (C=O) groups is 1. The van der Waals surface area contributed by atoms with E-state index in [9.17, 15) is 4.79 Å². The first-order chi connectivity index (χ1) is 10.9. The molecule has 0 fully saturated rings. The molecule has 23 heavy (non-hydrogen) atoms. The van der Waals surface area contributed by atoms with Crippen LogP contribution in [0, 0.1) is 20.8 Å². The van der Waals surface area contributed by atoms with E-state index in [1.54, 1.807) is 6.07 Å². The molecule has 1 aromatic heterocycles. The number of carbonyl (C=O) groups excluding carboxylic acids is 1. The minimum Gasteiger partial charge on any atom is -0.358 e. The first-order valence-electron chi connectivity index (χ1n) is 7.58. The predicted molar refractivity (Wildman–Crippen MR) is 96.3 cm³/mol. The SMILES string of the molecule is Cc1ccc2[nH]c(C)c(CC(=O)Nc3ccc(C)c(Cl)c3)c2c1. The van der Waals surface area contributed by atoms with Gasteiger partial charge < -0.3 is 10.3 Å². The number of rotatable bonds is 3. The summed E-state index contributed by atoms with van der Waals surface area (Å²) in [6, 6.07) is 11.8. The molecule has 0 aliphatic heterocycles. The van der Waals surface area contributed by atoms with Crippen molar-refractivity contribution in [1.29, 1.82) is 0 Å². The summed E-state index contributed by atoms with van der Waals surface area (Å²) in [5.41, 5.74) is 6.03. The zero-order valence-electron chi connectivity index (χ0n) is 13.5. The van der Waals surface area contributed by atoms with E-state index >= 15 is 0 Å². The molecule has 118 valence electrons. The summed E-state index contributed by atoms with van der Waals surface area (Å²) in [5, 5.41) is 4.68. The molecule has 0 saturated heterocycles. The Bertz CT molecular complexity index is 896. The Kier molecular flexibility index (Phi) is 4.14. The molecule has 1 heterocycles. The predicted octanol–water partition coefficient (Wildman–Crippen LogP) is 4.93. The smallest absolute Gasteiger partial charge is 0.228 e. The number of amides is 1. The lowest BCUT2D eigenvalue weighted by molar-refractivity contribution is -0.115. The van der Waals surface area contributed by atoms with Crippen LogP contribution in [0.15, 0.2) is 36.4 Å². The summed E-state index contributed by atoms with van der Waals surface area (Å²) >= 11 is 6.10. The van der Waals surface area contributed by atoms with E-state index in [2.05, 4.69) is 35.4 Å². The molecule has 3 nitrogen and oxygen atoms in total. The van der Waals surface area contributed by atoms with Gasteiger partial charge in [-0.2, -0.15) is 0 Å². The van der Waals surface area contributed by atoms with Crippen LogP contribution in [0.4, 0.5) is 5.69 Å². The second-order valence-electron chi connectivity index (χ2n) is 5.97. The van der Waals surface area contributed by atoms with Crippen molar-refractivity contribution in [1.82, 2.24) is 4.98 Å². The molecule has 2 aromatic carbocycles. The van der Waals surface area contributed by atoms with Gasteiger partial charge in [-0.05, 0) is 56.2 Å². The number of aromatic amines is 1. The van der Waals surface area contributed by atoms with Crippen molar-refractivity contribution in [2.24, 2.45) is 0 Å². The van der Waals surface area contributed by atoms with Crippen molar-refractivity contribution >= 4 is 34.1 Å². The normalized spacial score (nSPS) is 11.0. The van der Waals surface area contributed by atoms with Gasteiger partial charge in [0, 0.05) is 27.3 Å². The van der Waals surface area contributed by atoms with E-state index in [1.807, 2.05) is 26.0 Å². The van der Waals surface area contributed by atoms with Crippen LogP contribution in [0.2, 0.25) is 5.02 Å². The van der Waals surface area contributed by atoms with Gasteiger partial charge in [-0.1, -0.05) is 29.3 Å². The molecule has 1 amide bonds. The van der Waals surface area contributed by atoms with Crippen LogP contribution in [-0.2, 0) is 11.2 Å². The van der Waals surface area contributed by atoms with Gasteiger partial charge in [-0.15, -0.1) is 0 Å². The van der Waals surface area contributed by atoms with Gasteiger partial charge in [0.25, 0.3) is 0 Å². The highest BCUT2D eigenvalue weighted by atomic mass is 35.5. The molecule has 0 spiro atoms. The van der Waals surface area contributed by atoms with Gasteiger partial charge >= 0.3 is 0 Å². The number of nitrogens with one attached hydrogen (secondary N) is 2. The van der Waals surface area contributed by atoms with E-state index < -0.39 is 0 Å². The lowest BCUT2D eigenvalue weighted by Crippen LogP contribution is -2.14. The standard InChI is InChI=1S/C19H19ClN2O/c1-11-4-7-18-16(8-11)15(13(3)21-18)10-19(23)22-14-6-5-12(2)17(20)9-14/h4-9,21H,10H2,1-3H3,(H,22,23). The zero-order valence-corrected chi connectivity index (χ0v) is 14.2. The van der Waals surface area contributed by atoms with E-state index in [0.717, 1.165) is 33.4 Å². The molecule has 0 saturated carbocycles. The number of anilines is 1. The lowest BCUT2D eigenvalue weighted by Gasteiger charge is -2.07. The second-order valence-corrected chi connectivity index (χ2v) is 6.37. The number of fused-ring (bicyclic) bond motifs is 1. The Labute approximate surface area is 140 Å². The molecule has 4 heteroatoms. The van der Waals surface area contributed by atoms with Gasteiger partial charge in [-0.3, -0.25) is 4.79 Å². The fourth-order valence-electron chi connectivity index (χ4n) is 2.76. The van der Waals surface area contributed by atoms with Crippen LogP contribution in [0.5, 0.6) is 0 Å². The first kappa shape index (κ1) is 15.6. The number of halogens is 1. The van der Waals surface area contributed by atoms with E-state index in [0.29, 0.717) is 11.4 Å². The van der Waals surface area contributed by atoms with Crippen molar-refractivity contribution in [2.75, 3.05) is 5.32 Å². The average Bonchev–Trinajstić information content (AvgIpc) is 2.79. The van der Waals surface area contributed by atoms with E-state index in [4.69, 9.17) is 11.6 Å². The molecule has 0 aliphatic rings. The molecule has 0 bridgehead atoms. The Morgan fingerprint density at radius 3 is 2.65 bits per heavy atom. The lowest BCUT2D eigenvalue weighted by atomic mass is 10.1. The van der Waals surface area contributed by atoms with Gasteiger partial charge in [0.2, 0.25) is 5.91 Å². The minimum absolute atomic E-state index is 0.0459. The van der Waals surface area contributed by atoms with Crippen molar-refractivity contribution in [2.45, 2.75) is 27.2 Å². The van der Waals surface area contributed by atoms with Crippen LogP contribution in [0.25, 0.3) is 10.9 Å². The molecule has 0 aliphatic carbocycles. The number of benzene rings is 2. The average molecular weight is 327 g/mol. The summed E-state index contributed by atoms with van der Waals surface area (Å²) in [7, 11) is 0. The fraction of sp³-hybridized carbons (Fsp3) is 0.211. The maximum atomic E-state index is 12.4. The number of aryl methyl sites for hydroxylation is 3. The third-order valence-corrected chi connectivity index (χ3v) is 4.48. The Morgan fingerprint density at radius 1 is 1.13 bits per heavy atom. The molecule has 0 atom stereocenters. The molecule has 0 radical (unpaired) electrons. The Balaban J connectivity index is 1.84. The van der Waals surface area contributed by atoms with E-state index in [-0.39, 0.29) is 5.91 Å². The number of hydrogen-bond donors (Lipinski definition) is 2. The van der Waals surface area contributed by atoms with Crippen LogP contribution in [0.1, 0.15) is 22.4 Å². The highest BCUT2D eigenvalue weighted by Gasteiger charge is 2.13. The molecule has 0 unspecified atom stereocenters. The van der Waals surface area contributed by atoms with Crippen LogP contribution < -0.4 is 5.32 Å². The second kappa shape index (κ2) is 6.09. The fourth-order valence-corrected chi connectivity index (χ4v) is 2.94. The molecule has 3 rings (SSSR count). The summed E-state index contributed by atoms with van der Waals surface area (Å²) in [6.45, 7) is 5.99. The third-order valence-electron chi connectivity index (χ3n) is 4.07. The quantitative estimate of drug-likeness (QED) is 0.704. The summed E-state index contributed by atoms with van der Waals surface area (Å²) in [6.07, 6.45) is 0.334. The maximum absolute atomic E-state index is 12.4. The number of hydrogen-bond acceptors (Lipinski definition) is 1. The monoisotopic (exact) mass is 326 g/mol. The van der Waals surface area contributed by atoms with Crippen molar-refractivity contribution in [3.8, 4) is 0 Å². The molecule has 2 N–H and O–H groups in total. The van der Waals surface area contributed by atoms with E-state index in [1.165, 1.54) is 5.56 Å². The van der Waals surface area contributed by atoms with Crippen molar-refractivity contribution < 1.29 is 4.79 Å². The largest absolute Gasteiger partial charge is 0.358 e. The number of aromatic nitrogens is 1. The van der Waals surface area contributed by atoms with Crippen LogP contribution >= 0.6 is 11.6 Å². The minimum atomic E-state index is -0.0459. The highest BCUT2D eigenvalue weighted by molar-refractivity contribution is 6.31. The number of H-pyrrole nitrogens is 1. The Hall–Kier alpha value is -2.26. The summed E-state index contributed by atoms with van der Waals surface area (Å²) in [5.74, 6) is -0.0459. The van der Waals surface area contributed by atoms with Crippen molar-refractivity contribution in [3.05, 3.63) is 63.8 Å². The maximum Gasteiger partial charge on any atom is 0.228 e. The molecule has 3 aromatic rings. The van der Waals surface area contributed by atoms with Crippen LogP contribution in [0.3, 0.4) is 0 Å². The third kappa shape index (κ3) is 3.25. The van der Waals surface area contributed by atoms with Crippen molar-refractivity contribution in [3.63, 3.8) is 0 Å². The van der Waals surface area contributed by atoms with Crippen LogP contribution in [-0.4, -0.2) is 10.9 Å². The first-order valence-corrected chi connectivity index (χ1v) is 7.95. The molecular formula is C19H19ClN2O. The topological polar surface area (TPSA) is 44.9 Å². The van der Waals surface area contributed by atoms with Gasteiger partial charge in [0.05, 0.1) is 6.42 Å². The summed E-state index contributed by atoms with van der Waals surface area (Å²) < 4.78 is 0. The Morgan fingerprint density at radius 2 is 1.91 bits per heavy atom. The molecular weight excluding hydrogens is 308 g/mol. The van der Waals surface area contributed by atoms with Gasteiger partial charge in [0.1, 0.15) is 0 Å². The zero-order chi connectivity index (χ0) is 16.6. The van der Waals surface area contributed by atoms with Gasteiger partial charge in [0.15, 0.2) is 0 Å². The summed E-state index contributed by atoms with van der Waals surface area (Å²) in [4.78, 5) is 15.7. The van der Waals surface area contributed by atoms with Gasteiger partial charge in [-0.25, -0.2) is 0 Å². The highest BCUT2D eigenvalue weighted by Crippen LogP contribution is 2.25.